The molecule has 0 radical (unpaired) electrons. The maximum atomic E-state index is 4.07. The predicted molar refractivity (Wildman–Crippen MR) is 79.9 cm³/mol. The van der Waals surface area contributed by atoms with E-state index in [4.69, 9.17) is 0 Å². The van der Waals surface area contributed by atoms with E-state index in [1.807, 2.05) is 10.8 Å². The fourth-order valence-corrected chi connectivity index (χ4v) is 2.78. The number of benzene rings is 1. The van der Waals surface area contributed by atoms with E-state index in [2.05, 4.69) is 58.3 Å². The number of hydrogen-bond acceptors (Lipinski definition) is 3. The minimum atomic E-state index is 0.310. The van der Waals surface area contributed by atoms with E-state index in [0.29, 0.717) is 6.04 Å². The first-order chi connectivity index (χ1) is 9.33. The SMILES string of the molecule is CC(Nc1cccc(-n2ccnc2)c1)c1ccsc1. The van der Waals surface area contributed by atoms with Crippen LogP contribution in [-0.4, -0.2) is 9.55 Å². The summed E-state index contributed by atoms with van der Waals surface area (Å²) in [5.74, 6) is 0. The molecule has 0 aliphatic carbocycles. The Hall–Kier alpha value is -2.07. The molecule has 3 nitrogen and oxygen atoms in total. The van der Waals surface area contributed by atoms with Crippen LogP contribution in [0.2, 0.25) is 0 Å². The Balaban J connectivity index is 1.80. The van der Waals surface area contributed by atoms with Crippen LogP contribution in [0.4, 0.5) is 5.69 Å². The average molecular weight is 269 g/mol. The molecule has 1 atom stereocenters. The summed E-state index contributed by atoms with van der Waals surface area (Å²) in [6.45, 7) is 2.17. The smallest absolute Gasteiger partial charge is 0.0991 e. The number of aromatic nitrogens is 2. The lowest BCUT2D eigenvalue weighted by Gasteiger charge is -2.15. The lowest BCUT2D eigenvalue weighted by Crippen LogP contribution is -2.05. The molecule has 0 amide bonds. The third kappa shape index (κ3) is 2.69. The summed E-state index contributed by atoms with van der Waals surface area (Å²) in [5, 5.41) is 7.80. The highest BCUT2D eigenvalue weighted by atomic mass is 32.1. The lowest BCUT2D eigenvalue weighted by atomic mass is 10.1. The summed E-state index contributed by atoms with van der Waals surface area (Å²) in [7, 11) is 0. The minimum absolute atomic E-state index is 0.310. The highest BCUT2D eigenvalue weighted by Crippen LogP contribution is 2.22. The van der Waals surface area contributed by atoms with Crippen LogP contribution in [0.1, 0.15) is 18.5 Å². The molecule has 0 spiro atoms. The molecule has 1 N–H and O–H groups in total. The van der Waals surface area contributed by atoms with Crippen LogP contribution >= 0.6 is 11.3 Å². The van der Waals surface area contributed by atoms with Crippen LogP contribution in [0.25, 0.3) is 5.69 Å². The largest absolute Gasteiger partial charge is 0.378 e. The van der Waals surface area contributed by atoms with Crippen LogP contribution in [0.15, 0.2) is 59.8 Å². The van der Waals surface area contributed by atoms with Gasteiger partial charge in [0.25, 0.3) is 0 Å². The van der Waals surface area contributed by atoms with Crippen molar-refractivity contribution >= 4 is 17.0 Å². The van der Waals surface area contributed by atoms with E-state index in [9.17, 15) is 0 Å². The van der Waals surface area contributed by atoms with Crippen molar-refractivity contribution in [2.45, 2.75) is 13.0 Å². The monoisotopic (exact) mass is 269 g/mol. The van der Waals surface area contributed by atoms with Crippen molar-refractivity contribution in [3.8, 4) is 5.69 Å². The number of rotatable bonds is 4. The van der Waals surface area contributed by atoms with Gasteiger partial charge < -0.3 is 9.88 Å². The van der Waals surface area contributed by atoms with Gasteiger partial charge in [0.1, 0.15) is 0 Å². The van der Waals surface area contributed by atoms with Gasteiger partial charge >= 0.3 is 0 Å². The third-order valence-corrected chi connectivity index (χ3v) is 3.78. The molecule has 4 heteroatoms. The maximum absolute atomic E-state index is 4.07. The van der Waals surface area contributed by atoms with Crippen molar-refractivity contribution < 1.29 is 0 Å². The first-order valence-electron chi connectivity index (χ1n) is 6.20. The summed E-state index contributed by atoms with van der Waals surface area (Å²) >= 11 is 1.73. The quantitative estimate of drug-likeness (QED) is 0.772. The van der Waals surface area contributed by atoms with Crippen LogP contribution < -0.4 is 5.32 Å². The number of nitrogens with zero attached hydrogens (tertiary/aromatic N) is 2. The Morgan fingerprint density at radius 3 is 3.00 bits per heavy atom. The Bertz CT molecular complexity index is 629. The van der Waals surface area contributed by atoms with Gasteiger partial charge in [0.05, 0.1) is 6.33 Å². The molecular formula is C15H15N3S. The van der Waals surface area contributed by atoms with Crippen molar-refractivity contribution in [1.82, 2.24) is 9.55 Å². The van der Waals surface area contributed by atoms with E-state index in [0.717, 1.165) is 11.4 Å². The number of imidazole rings is 1. The second-order valence-electron chi connectivity index (χ2n) is 4.44. The van der Waals surface area contributed by atoms with Gasteiger partial charge in [-0.1, -0.05) is 6.07 Å². The highest BCUT2D eigenvalue weighted by molar-refractivity contribution is 7.07. The van der Waals surface area contributed by atoms with Crippen LogP contribution in [0.3, 0.4) is 0 Å². The topological polar surface area (TPSA) is 29.9 Å². The minimum Gasteiger partial charge on any atom is -0.378 e. The number of nitrogens with one attached hydrogen (secondary N) is 1. The zero-order chi connectivity index (χ0) is 13.1. The van der Waals surface area contributed by atoms with E-state index >= 15 is 0 Å². The van der Waals surface area contributed by atoms with Crippen molar-refractivity contribution in [3.63, 3.8) is 0 Å². The van der Waals surface area contributed by atoms with Crippen molar-refractivity contribution in [2.75, 3.05) is 5.32 Å². The fourth-order valence-electron chi connectivity index (χ4n) is 2.02. The Morgan fingerprint density at radius 1 is 1.32 bits per heavy atom. The normalized spacial score (nSPS) is 12.3. The summed E-state index contributed by atoms with van der Waals surface area (Å²) in [6.07, 6.45) is 5.54. The van der Waals surface area contributed by atoms with Crippen LogP contribution in [-0.2, 0) is 0 Å². The Kier molecular flexibility index (Phi) is 3.33. The maximum Gasteiger partial charge on any atom is 0.0991 e. The van der Waals surface area contributed by atoms with Gasteiger partial charge in [0.2, 0.25) is 0 Å². The Labute approximate surface area is 116 Å². The third-order valence-electron chi connectivity index (χ3n) is 3.08. The van der Waals surface area contributed by atoms with Crippen molar-refractivity contribution in [2.24, 2.45) is 0 Å². The van der Waals surface area contributed by atoms with Gasteiger partial charge in [-0.05, 0) is 47.5 Å². The molecule has 2 aromatic heterocycles. The molecular weight excluding hydrogens is 254 g/mol. The predicted octanol–water partition coefficient (Wildman–Crippen LogP) is 4.11. The molecule has 19 heavy (non-hydrogen) atoms. The molecule has 2 heterocycles. The number of hydrogen-bond donors (Lipinski definition) is 1. The van der Waals surface area contributed by atoms with Crippen molar-refractivity contribution in [3.05, 3.63) is 65.4 Å². The lowest BCUT2D eigenvalue weighted by molar-refractivity contribution is 0.889. The summed E-state index contributed by atoms with van der Waals surface area (Å²) < 4.78 is 2.00. The second kappa shape index (κ2) is 5.28. The number of anilines is 1. The molecule has 0 aliphatic heterocycles. The molecule has 0 aliphatic rings. The van der Waals surface area contributed by atoms with Crippen molar-refractivity contribution in [1.29, 1.82) is 0 Å². The first-order valence-corrected chi connectivity index (χ1v) is 7.14. The first kappa shape index (κ1) is 12.0. The molecule has 1 unspecified atom stereocenters. The van der Waals surface area contributed by atoms with Gasteiger partial charge in [-0.25, -0.2) is 4.98 Å². The number of thiophene rings is 1. The molecule has 0 fully saturated rings. The molecule has 0 bridgehead atoms. The molecule has 96 valence electrons. The van der Waals surface area contributed by atoms with Gasteiger partial charge in [-0.15, -0.1) is 0 Å². The molecule has 3 aromatic rings. The highest BCUT2D eigenvalue weighted by Gasteiger charge is 2.06. The van der Waals surface area contributed by atoms with Crippen LogP contribution in [0, 0.1) is 0 Å². The summed E-state index contributed by atoms with van der Waals surface area (Å²) in [5.41, 5.74) is 3.54. The molecule has 0 saturated heterocycles. The van der Waals surface area contributed by atoms with Gasteiger partial charge in [-0.3, -0.25) is 0 Å². The average Bonchev–Trinajstić information content (AvgIpc) is 3.13. The summed E-state index contributed by atoms with van der Waals surface area (Å²) in [6, 6.07) is 10.8. The zero-order valence-electron chi connectivity index (χ0n) is 10.7. The standard InChI is InChI=1S/C15H15N3S/c1-12(13-5-8-19-10-13)17-14-3-2-4-15(9-14)18-7-6-16-11-18/h2-12,17H,1H3. The second-order valence-corrected chi connectivity index (χ2v) is 5.22. The zero-order valence-corrected chi connectivity index (χ0v) is 11.5. The van der Waals surface area contributed by atoms with E-state index in [1.165, 1.54) is 5.56 Å². The van der Waals surface area contributed by atoms with Gasteiger partial charge in [0, 0.05) is 29.8 Å². The molecule has 3 rings (SSSR count). The van der Waals surface area contributed by atoms with Gasteiger partial charge in [0.15, 0.2) is 0 Å². The van der Waals surface area contributed by atoms with E-state index in [-0.39, 0.29) is 0 Å². The van der Waals surface area contributed by atoms with E-state index < -0.39 is 0 Å². The molecule has 0 saturated carbocycles. The van der Waals surface area contributed by atoms with E-state index in [1.54, 1.807) is 23.9 Å². The molecule has 1 aromatic carbocycles. The summed E-state index contributed by atoms with van der Waals surface area (Å²) in [4.78, 5) is 4.07. The van der Waals surface area contributed by atoms with Crippen LogP contribution in [0.5, 0.6) is 0 Å². The Morgan fingerprint density at radius 2 is 2.26 bits per heavy atom. The fraction of sp³-hybridized carbons (Fsp3) is 0.133. The van der Waals surface area contributed by atoms with Gasteiger partial charge in [-0.2, -0.15) is 11.3 Å².